The monoisotopic (exact) mass is 497 g/mol. The van der Waals surface area contributed by atoms with Crippen LogP contribution >= 0.6 is 0 Å². The molecule has 0 radical (unpaired) electrons. The van der Waals surface area contributed by atoms with E-state index >= 15 is 4.39 Å². The van der Waals surface area contributed by atoms with E-state index in [9.17, 15) is 4.79 Å². The fraction of sp³-hybridized carbons (Fsp3) is 0.348. The summed E-state index contributed by atoms with van der Waals surface area (Å²) in [5.41, 5.74) is 12.1. The number of amides is 1. The summed E-state index contributed by atoms with van der Waals surface area (Å²) in [5, 5.41) is 4.17. The Labute approximate surface area is 207 Å². The van der Waals surface area contributed by atoms with Gasteiger partial charge in [0.2, 0.25) is 5.95 Å². The zero-order valence-corrected chi connectivity index (χ0v) is 20.1. The van der Waals surface area contributed by atoms with Crippen molar-refractivity contribution in [3.63, 3.8) is 0 Å². The molecule has 12 nitrogen and oxygen atoms in total. The summed E-state index contributed by atoms with van der Waals surface area (Å²) < 4.78 is 19.9. The molecule has 2 aromatic rings. The van der Waals surface area contributed by atoms with Crippen molar-refractivity contribution >= 4 is 35.9 Å². The molecule has 1 saturated heterocycles. The Kier molecular flexibility index (Phi) is 9.37. The molecule has 4 N–H and O–H groups in total. The zero-order chi connectivity index (χ0) is 25.9. The normalized spacial score (nSPS) is 14.0. The molecule has 0 unspecified atom stereocenters. The number of hydrogen-bond acceptors (Lipinski definition) is 8. The van der Waals surface area contributed by atoms with Gasteiger partial charge in [-0.3, -0.25) is 0 Å². The maximum Gasteiger partial charge on any atom is 0.437 e. The van der Waals surface area contributed by atoms with E-state index in [4.69, 9.17) is 21.0 Å². The first-order valence-electron chi connectivity index (χ1n) is 11.3. The van der Waals surface area contributed by atoms with Crippen LogP contribution in [-0.4, -0.2) is 59.6 Å². The molecule has 1 aliphatic heterocycles. The van der Waals surface area contributed by atoms with E-state index < -0.39 is 17.9 Å². The lowest BCUT2D eigenvalue weighted by Gasteiger charge is -2.27. The number of anilines is 1. The van der Waals surface area contributed by atoms with Gasteiger partial charge in [-0.05, 0) is 13.8 Å². The zero-order valence-electron chi connectivity index (χ0n) is 20.1. The Morgan fingerprint density at radius 1 is 1.22 bits per heavy atom. The number of nitrogens with zero attached hydrogens (tertiary/aromatic N) is 7. The molecule has 36 heavy (non-hydrogen) atoms. The second-order valence-electron chi connectivity index (χ2n) is 7.52. The van der Waals surface area contributed by atoms with Gasteiger partial charge >= 0.3 is 12.1 Å². The van der Waals surface area contributed by atoms with Gasteiger partial charge in [0.1, 0.15) is 12.4 Å². The van der Waals surface area contributed by atoms with Gasteiger partial charge < -0.3 is 25.9 Å². The van der Waals surface area contributed by atoms with Gasteiger partial charge in [0, 0.05) is 67.8 Å². The summed E-state index contributed by atoms with van der Waals surface area (Å²) >= 11 is 0. The Morgan fingerprint density at radius 3 is 2.58 bits per heavy atom. The Hall–Kier alpha value is -4.42. The molecule has 13 heteroatoms. The van der Waals surface area contributed by atoms with E-state index in [1.807, 2.05) is 11.8 Å². The number of aliphatic imine (C=N–C) groups is 3. The van der Waals surface area contributed by atoms with Crippen molar-refractivity contribution in [3.8, 4) is 11.1 Å². The van der Waals surface area contributed by atoms with Crippen molar-refractivity contribution in [2.45, 2.75) is 33.3 Å². The van der Waals surface area contributed by atoms with Crippen LogP contribution in [0.2, 0.25) is 0 Å². The molecule has 1 aliphatic rings. The molecule has 190 valence electrons. The topological polar surface area (TPSA) is 166 Å². The second kappa shape index (κ2) is 12.9. The highest BCUT2D eigenvalue weighted by molar-refractivity contribution is 5.88. The Bertz CT molecular complexity index is 1170. The standard InChI is InChI=1S/C23H28FN9O3/c1-3-27-22(28-4-2)36-32-17-8-10-33(11-9-17)21-29-12-16(13-30-21)18-7-5-6-15(19(18)24)14-35-23(34)31-20(25)26/h3,5-7,12-13H,4,8-11,14H2,1-2H3,(H4,25,26,31,34). The fourth-order valence-electron chi connectivity index (χ4n) is 3.32. The summed E-state index contributed by atoms with van der Waals surface area (Å²) in [6.45, 7) is 5.22. The molecule has 1 aromatic carbocycles. The SMILES string of the molecule is CC=NC(=NCC)ON=C1CCN(c2ncc(-c3cccc(COC(=O)N=C(N)N)c3F)cn2)CC1. The number of aromatic nitrogens is 2. The Balaban J connectivity index is 1.62. The lowest BCUT2D eigenvalue weighted by atomic mass is 10.1. The second-order valence-corrected chi connectivity index (χ2v) is 7.52. The van der Waals surface area contributed by atoms with Crippen LogP contribution in [0.1, 0.15) is 32.3 Å². The minimum atomic E-state index is -1.00. The first-order valence-corrected chi connectivity index (χ1v) is 11.3. The average molecular weight is 498 g/mol. The largest absolute Gasteiger partial charge is 0.443 e. The predicted octanol–water partition coefficient (Wildman–Crippen LogP) is 2.63. The van der Waals surface area contributed by atoms with Crippen LogP contribution in [0.5, 0.6) is 0 Å². The van der Waals surface area contributed by atoms with Crippen molar-refractivity contribution in [2.24, 2.45) is 31.6 Å². The maximum absolute atomic E-state index is 15.0. The van der Waals surface area contributed by atoms with E-state index in [0.29, 0.717) is 44.0 Å². The molecule has 1 aromatic heterocycles. The van der Waals surface area contributed by atoms with Gasteiger partial charge in [0.15, 0.2) is 5.96 Å². The number of halogens is 1. The molecule has 1 fully saturated rings. The lowest BCUT2D eigenvalue weighted by molar-refractivity contribution is 0.149. The van der Waals surface area contributed by atoms with Gasteiger partial charge in [0.25, 0.3) is 0 Å². The highest BCUT2D eigenvalue weighted by Crippen LogP contribution is 2.26. The minimum Gasteiger partial charge on any atom is -0.443 e. The summed E-state index contributed by atoms with van der Waals surface area (Å²) in [6, 6.07) is 4.97. The highest BCUT2D eigenvalue weighted by atomic mass is 19.1. The van der Waals surface area contributed by atoms with Gasteiger partial charge in [-0.2, -0.15) is 0 Å². The summed E-state index contributed by atoms with van der Waals surface area (Å²) in [5.74, 6) is -0.455. The van der Waals surface area contributed by atoms with Crippen molar-refractivity contribution in [1.82, 2.24) is 9.97 Å². The summed E-state index contributed by atoms with van der Waals surface area (Å²) in [7, 11) is 0. The molecule has 0 spiro atoms. The number of carbonyl (C=O) groups excluding carboxylic acids is 1. The van der Waals surface area contributed by atoms with E-state index in [1.54, 1.807) is 37.7 Å². The van der Waals surface area contributed by atoms with Crippen molar-refractivity contribution in [1.29, 1.82) is 0 Å². The number of guanidine groups is 1. The van der Waals surface area contributed by atoms with Gasteiger partial charge in [-0.15, -0.1) is 4.99 Å². The van der Waals surface area contributed by atoms with E-state index in [-0.39, 0.29) is 23.8 Å². The maximum atomic E-state index is 15.0. The fourth-order valence-corrected chi connectivity index (χ4v) is 3.32. The van der Waals surface area contributed by atoms with E-state index in [2.05, 4.69) is 30.1 Å². The van der Waals surface area contributed by atoms with Crippen LogP contribution in [0.3, 0.4) is 0 Å². The van der Waals surface area contributed by atoms with Gasteiger partial charge in [-0.1, -0.05) is 23.4 Å². The first-order chi connectivity index (χ1) is 17.4. The number of piperidine rings is 1. The predicted molar refractivity (Wildman–Crippen MR) is 136 cm³/mol. The van der Waals surface area contributed by atoms with E-state index in [0.717, 1.165) is 5.71 Å². The van der Waals surface area contributed by atoms with Crippen molar-refractivity contribution < 1.29 is 18.8 Å². The summed E-state index contributed by atoms with van der Waals surface area (Å²) in [4.78, 5) is 39.1. The first kappa shape index (κ1) is 26.2. The lowest BCUT2D eigenvalue weighted by Crippen LogP contribution is -2.35. The molecular weight excluding hydrogens is 469 g/mol. The number of benzene rings is 1. The Morgan fingerprint density at radius 2 is 1.94 bits per heavy atom. The van der Waals surface area contributed by atoms with E-state index in [1.165, 1.54) is 6.07 Å². The minimum absolute atomic E-state index is 0.164. The molecule has 0 saturated carbocycles. The third-order valence-electron chi connectivity index (χ3n) is 5.01. The number of hydrogen-bond donors (Lipinski definition) is 2. The number of rotatable bonds is 6. The summed E-state index contributed by atoms with van der Waals surface area (Å²) in [6.07, 6.45) is 5.06. The molecule has 0 aliphatic carbocycles. The van der Waals surface area contributed by atoms with Crippen LogP contribution in [0.25, 0.3) is 11.1 Å². The number of nitrogens with two attached hydrogens (primary N) is 2. The molecule has 2 heterocycles. The van der Waals surface area contributed by atoms with Crippen LogP contribution in [0.4, 0.5) is 15.1 Å². The molecule has 1 amide bonds. The number of carbonyl (C=O) groups is 1. The van der Waals surface area contributed by atoms with Crippen molar-refractivity contribution in [3.05, 3.63) is 42.0 Å². The molecule has 3 rings (SSSR count). The van der Waals surface area contributed by atoms with Gasteiger partial charge in [0.05, 0.1) is 5.71 Å². The highest BCUT2D eigenvalue weighted by Gasteiger charge is 2.19. The number of amidine groups is 1. The van der Waals surface area contributed by atoms with Crippen LogP contribution in [0.15, 0.2) is 50.7 Å². The van der Waals surface area contributed by atoms with Crippen LogP contribution in [0, 0.1) is 5.82 Å². The third kappa shape index (κ3) is 7.29. The molecule has 0 atom stereocenters. The third-order valence-corrected chi connectivity index (χ3v) is 5.01. The quantitative estimate of drug-likeness (QED) is 0.349. The van der Waals surface area contributed by atoms with Crippen molar-refractivity contribution in [2.75, 3.05) is 24.5 Å². The molecule has 0 bridgehead atoms. The number of ether oxygens (including phenoxy) is 1. The molecular formula is C23H28FN9O3. The average Bonchev–Trinajstić information content (AvgIpc) is 2.87. The van der Waals surface area contributed by atoms with Crippen LogP contribution in [-0.2, 0) is 16.2 Å². The smallest absolute Gasteiger partial charge is 0.437 e. The number of oxime groups is 1. The van der Waals surface area contributed by atoms with Gasteiger partial charge in [-0.25, -0.2) is 29.1 Å². The van der Waals surface area contributed by atoms with Crippen LogP contribution < -0.4 is 16.4 Å².